The third-order valence-corrected chi connectivity index (χ3v) is 3.61. The number of nitrogens with two attached hydrogens (primary N) is 1. The second kappa shape index (κ2) is 5.91. The van der Waals surface area contributed by atoms with E-state index in [4.69, 9.17) is 10.5 Å². The molecule has 0 amide bonds. The van der Waals surface area contributed by atoms with Crippen LogP contribution in [0.15, 0.2) is 47.7 Å². The third-order valence-electron chi connectivity index (χ3n) is 3.61. The van der Waals surface area contributed by atoms with E-state index in [9.17, 15) is 0 Å². The van der Waals surface area contributed by atoms with Crippen molar-refractivity contribution in [3.63, 3.8) is 0 Å². The molecule has 0 saturated carbocycles. The van der Waals surface area contributed by atoms with Gasteiger partial charge < -0.3 is 20.4 Å². The Morgan fingerprint density at radius 2 is 2.29 bits per heavy atom. The van der Waals surface area contributed by atoms with Crippen LogP contribution < -0.4 is 15.8 Å². The predicted octanol–water partition coefficient (Wildman–Crippen LogP) is 1.95. The highest BCUT2D eigenvalue weighted by Gasteiger charge is 2.21. The van der Waals surface area contributed by atoms with E-state index >= 15 is 0 Å². The van der Waals surface area contributed by atoms with Crippen LogP contribution in [0.25, 0.3) is 0 Å². The Balaban J connectivity index is 1.66. The standard InChI is InChI=1S/C16H20N4O/c1-20-8-6-12(11-20)10-18-16(17)19-14-7-9-21-15-5-3-2-4-13(14)15/h2-6,8,11,14H,7,9-10H2,1H3,(H3,17,18,19). The summed E-state index contributed by atoms with van der Waals surface area (Å²) in [6.45, 7) is 1.28. The lowest BCUT2D eigenvalue weighted by Gasteiger charge is -2.26. The largest absolute Gasteiger partial charge is 0.493 e. The summed E-state index contributed by atoms with van der Waals surface area (Å²) in [6, 6.07) is 10.3. The molecule has 1 aliphatic rings. The van der Waals surface area contributed by atoms with Gasteiger partial charge in [-0.3, -0.25) is 0 Å². The first-order chi connectivity index (χ1) is 10.2. The van der Waals surface area contributed by atoms with Crippen molar-refractivity contribution in [3.8, 4) is 5.75 Å². The van der Waals surface area contributed by atoms with E-state index in [0.29, 0.717) is 19.1 Å². The maximum Gasteiger partial charge on any atom is 0.189 e. The highest BCUT2D eigenvalue weighted by Crippen LogP contribution is 2.31. The van der Waals surface area contributed by atoms with Crippen LogP contribution in [0.1, 0.15) is 23.6 Å². The van der Waals surface area contributed by atoms with Crippen molar-refractivity contribution in [1.82, 2.24) is 9.88 Å². The van der Waals surface area contributed by atoms with Crippen LogP contribution in [0.5, 0.6) is 5.75 Å². The number of ether oxygens (including phenoxy) is 1. The van der Waals surface area contributed by atoms with Gasteiger partial charge in [-0.15, -0.1) is 0 Å². The molecule has 1 aromatic carbocycles. The number of benzene rings is 1. The average molecular weight is 284 g/mol. The number of aryl methyl sites for hydroxylation is 1. The van der Waals surface area contributed by atoms with Gasteiger partial charge in [-0.05, 0) is 17.7 Å². The Hall–Kier alpha value is -2.43. The SMILES string of the molecule is Cn1ccc(CN=C(N)NC2CCOc3ccccc32)c1. The molecule has 0 radical (unpaired) electrons. The second-order valence-electron chi connectivity index (χ2n) is 5.26. The lowest BCUT2D eigenvalue weighted by molar-refractivity contribution is 0.262. The van der Waals surface area contributed by atoms with E-state index in [1.807, 2.05) is 48.3 Å². The first-order valence-corrected chi connectivity index (χ1v) is 7.11. The third kappa shape index (κ3) is 3.18. The number of para-hydroxylation sites is 1. The Morgan fingerprint density at radius 3 is 3.10 bits per heavy atom. The Bertz CT molecular complexity index is 647. The first-order valence-electron chi connectivity index (χ1n) is 7.11. The zero-order valence-corrected chi connectivity index (χ0v) is 12.1. The smallest absolute Gasteiger partial charge is 0.189 e. The van der Waals surface area contributed by atoms with Gasteiger partial charge in [0.1, 0.15) is 5.75 Å². The quantitative estimate of drug-likeness (QED) is 0.669. The minimum Gasteiger partial charge on any atom is -0.493 e. The van der Waals surface area contributed by atoms with Gasteiger partial charge in [-0.25, -0.2) is 4.99 Å². The van der Waals surface area contributed by atoms with Crippen molar-refractivity contribution in [1.29, 1.82) is 0 Å². The van der Waals surface area contributed by atoms with Gasteiger partial charge >= 0.3 is 0 Å². The van der Waals surface area contributed by atoms with Gasteiger partial charge in [0.15, 0.2) is 5.96 Å². The summed E-state index contributed by atoms with van der Waals surface area (Å²) in [6.07, 6.45) is 4.93. The summed E-state index contributed by atoms with van der Waals surface area (Å²) in [5.74, 6) is 1.40. The Labute approximate surface area is 124 Å². The molecule has 0 aliphatic carbocycles. The fraction of sp³-hybridized carbons (Fsp3) is 0.312. The van der Waals surface area contributed by atoms with Gasteiger partial charge in [0.05, 0.1) is 19.2 Å². The highest BCUT2D eigenvalue weighted by molar-refractivity contribution is 5.78. The number of guanidine groups is 1. The molecule has 1 atom stereocenters. The van der Waals surface area contributed by atoms with Crippen molar-refractivity contribution < 1.29 is 4.74 Å². The number of nitrogens with one attached hydrogen (secondary N) is 1. The fourth-order valence-corrected chi connectivity index (χ4v) is 2.55. The number of aliphatic imine (C=N–C) groups is 1. The van der Waals surface area contributed by atoms with E-state index in [-0.39, 0.29) is 6.04 Å². The molecule has 2 heterocycles. The van der Waals surface area contributed by atoms with Gasteiger partial charge in [0.25, 0.3) is 0 Å². The summed E-state index contributed by atoms with van der Waals surface area (Å²) in [5, 5.41) is 3.29. The predicted molar refractivity (Wildman–Crippen MR) is 83.2 cm³/mol. The van der Waals surface area contributed by atoms with Gasteiger partial charge in [-0.2, -0.15) is 0 Å². The monoisotopic (exact) mass is 284 g/mol. The molecule has 5 nitrogen and oxygen atoms in total. The van der Waals surface area contributed by atoms with Crippen molar-refractivity contribution >= 4 is 5.96 Å². The lowest BCUT2D eigenvalue weighted by Crippen LogP contribution is -2.37. The van der Waals surface area contributed by atoms with Gasteiger partial charge in [-0.1, -0.05) is 18.2 Å². The van der Waals surface area contributed by atoms with Crippen LogP contribution in [-0.2, 0) is 13.6 Å². The molecular formula is C16H20N4O. The maximum absolute atomic E-state index is 6.01. The minimum atomic E-state index is 0.162. The summed E-state index contributed by atoms with van der Waals surface area (Å²) in [4.78, 5) is 4.40. The van der Waals surface area contributed by atoms with E-state index in [1.165, 1.54) is 0 Å². The molecule has 5 heteroatoms. The molecular weight excluding hydrogens is 264 g/mol. The zero-order valence-electron chi connectivity index (χ0n) is 12.1. The zero-order chi connectivity index (χ0) is 14.7. The molecule has 110 valence electrons. The average Bonchev–Trinajstić information content (AvgIpc) is 2.91. The second-order valence-corrected chi connectivity index (χ2v) is 5.26. The number of hydrogen-bond acceptors (Lipinski definition) is 2. The number of rotatable bonds is 3. The lowest BCUT2D eigenvalue weighted by atomic mass is 10.0. The molecule has 1 aliphatic heterocycles. The summed E-state index contributed by atoms with van der Waals surface area (Å²) in [5.41, 5.74) is 8.30. The van der Waals surface area contributed by atoms with Crippen LogP contribution >= 0.6 is 0 Å². The number of fused-ring (bicyclic) bond motifs is 1. The number of nitrogens with zero attached hydrogens (tertiary/aromatic N) is 2. The van der Waals surface area contributed by atoms with E-state index in [2.05, 4.69) is 16.4 Å². The molecule has 1 aromatic heterocycles. The Kier molecular flexibility index (Phi) is 3.81. The number of hydrogen-bond donors (Lipinski definition) is 2. The van der Waals surface area contributed by atoms with Crippen molar-refractivity contribution in [3.05, 3.63) is 53.9 Å². The minimum absolute atomic E-state index is 0.162. The molecule has 1 unspecified atom stereocenters. The van der Waals surface area contributed by atoms with Crippen LogP contribution in [0.2, 0.25) is 0 Å². The fourth-order valence-electron chi connectivity index (χ4n) is 2.55. The van der Waals surface area contributed by atoms with Crippen LogP contribution in [-0.4, -0.2) is 17.1 Å². The molecule has 0 bridgehead atoms. The number of aromatic nitrogens is 1. The van der Waals surface area contributed by atoms with Crippen LogP contribution in [0.3, 0.4) is 0 Å². The van der Waals surface area contributed by atoms with E-state index in [1.54, 1.807) is 0 Å². The van der Waals surface area contributed by atoms with Gasteiger partial charge in [0.2, 0.25) is 0 Å². The molecule has 3 rings (SSSR count). The van der Waals surface area contributed by atoms with Gasteiger partial charge in [0, 0.05) is 31.4 Å². The van der Waals surface area contributed by atoms with Crippen molar-refractivity contribution in [2.24, 2.45) is 17.8 Å². The Morgan fingerprint density at radius 1 is 1.43 bits per heavy atom. The normalized spacial score (nSPS) is 18.0. The van der Waals surface area contributed by atoms with Crippen LogP contribution in [0, 0.1) is 0 Å². The summed E-state index contributed by atoms with van der Waals surface area (Å²) >= 11 is 0. The van der Waals surface area contributed by atoms with Crippen LogP contribution in [0.4, 0.5) is 0 Å². The van der Waals surface area contributed by atoms with E-state index in [0.717, 1.165) is 23.3 Å². The first kappa shape index (κ1) is 13.5. The van der Waals surface area contributed by atoms with Crippen molar-refractivity contribution in [2.75, 3.05) is 6.61 Å². The highest BCUT2D eigenvalue weighted by atomic mass is 16.5. The topological polar surface area (TPSA) is 64.6 Å². The molecule has 21 heavy (non-hydrogen) atoms. The molecule has 0 fully saturated rings. The summed E-state index contributed by atoms with van der Waals surface area (Å²) in [7, 11) is 1.99. The van der Waals surface area contributed by atoms with Crippen molar-refractivity contribution in [2.45, 2.75) is 19.0 Å². The maximum atomic E-state index is 6.01. The molecule has 2 aromatic rings. The molecule has 0 saturated heterocycles. The molecule has 0 spiro atoms. The molecule has 3 N–H and O–H groups in total. The summed E-state index contributed by atoms with van der Waals surface area (Å²) < 4.78 is 7.65. The van der Waals surface area contributed by atoms with E-state index < -0.39 is 0 Å².